The third-order valence-corrected chi connectivity index (χ3v) is 6.63. The van der Waals surface area contributed by atoms with E-state index in [-0.39, 0.29) is 32.1 Å². The monoisotopic (exact) mass is 516 g/mol. The Balaban J connectivity index is 1.22. The van der Waals surface area contributed by atoms with E-state index in [1.807, 2.05) is 0 Å². The summed E-state index contributed by atoms with van der Waals surface area (Å²) in [5, 5.41) is 5.32. The molecule has 2 fully saturated rings. The molecule has 14 heteroatoms. The van der Waals surface area contributed by atoms with Crippen molar-refractivity contribution in [3.05, 3.63) is 53.1 Å². The van der Waals surface area contributed by atoms with Gasteiger partial charge in [0.15, 0.2) is 11.5 Å². The average Bonchev–Trinajstić information content (AvgIpc) is 3.32. The second kappa shape index (κ2) is 9.67. The Labute approximate surface area is 209 Å². The zero-order valence-corrected chi connectivity index (χ0v) is 19.6. The first-order valence-electron chi connectivity index (χ1n) is 11.6. The number of halogens is 3. The molecule has 3 aliphatic heterocycles. The van der Waals surface area contributed by atoms with E-state index >= 15 is 0 Å². The van der Waals surface area contributed by atoms with Gasteiger partial charge in [-0.15, -0.1) is 0 Å². The maximum Gasteiger partial charge on any atom is 0.341 e. The fourth-order valence-electron chi connectivity index (χ4n) is 4.52. The molecule has 0 saturated carbocycles. The van der Waals surface area contributed by atoms with Crippen molar-refractivity contribution >= 4 is 30.0 Å². The van der Waals surface area contributed by atoms with Gasteiger partial charge < -0.3 is 20.4 Å². The molecule has 0 radical (unpaired) electrons. The molecule has 4 amide bonds. The average molecular weight is 516 g/mol. The zero-order valence-electron chi connectivity index (χ0n) is 19.6. The fourth-order valence-corrected chi connectivity index (χ4v) is 4.52. The van der Waals surface area contributed by atoms with E-state index in [1.165, 1.54) is 28.3 Å². The molecular formula is C23H23F3N8O3. The third kappa shape index (κ3) is 4.78. The summed E-state index contributed by atoms with van der Waals surface area (Å²) >= 11 is 0. The highest BCUT2D eigenvalue weighted by Gasteiger charge is 2.37. The Morgan fingerprint density at radius 1 is 0.946 bits per heavy atom. The molecule has 11 nitrogen and oxygen atoms in total. The summed E-state index contributed by atoms with van der Waals surface area (Å²) in [6, 6.07) is 2.09. The summed E-state index contributed by atoms with van der Waals surface area (Å²) in [6.07, 6.45) is 2.77. The van der Waals surface area contributed by atoms with Gasteiger partial charge in [-0.25, -0.2) is 32.9 Å². The second-order valence-electron chi connectivity index (χ2n) is 9.03. The largest absolute Gasteiger partial charge is 0.369 e. The van der Waals surface area contributed by atoms with E-state index < -0.39 is 53.0 Å². The lowest BCUT2D eigenvalue weighted by Gasteiger charge is -2.38. The molecule has 2 N–H and O–H groups in total. The SMILES string of the molecule is NC(=O)C1CN(C(=O)c2nc(N3CCN(C(=O)N4N=CC[C@H]4c4cc(F)cc(F)c4)CC3)ncc2F)C1. The lowest BCUT2D eigenvalue weighted by Crippen LogP contribution is -2.55. The number of aromatic nitrogens is 2. The molecular weight excluding hydrogens is 493 g/mol. The van der Waals surface area contributed by atoms with E-state index in [0.717, 1.165) is 12.3 Å². The first-order chi connectivity index (χ1) is 17.7. The number of piperazine rings is 1. The molecule has 0 unspecified atom stereocenters. The van der Waals surface area contributed by atoms with Crippen LogP contribution < -0.4 is 10.6 Å². The van der Waals surface area contributed by atoms with Gasteiger partial charge in [0.2, 0.25) is 11.9 Å². The molecule has 194 valence electrons. The van der Waals surface area contributed by atoms with Crippen LogP contribution in [0.3, 0.4) is 0 Å². The van der Waals surface area contributed by atoms with Crippen molar-refractivity contribution in [2.45, 2.75) is 12.5 Å². The number of urea groups is 1. The number of hydrogen-bond acceptors (Lipinski definition) is 7. The Bertz CT molecular complexity index is 1260. The van der Waals surface area contributed by atoms with E-state index in [2.05, 4.69) is 15.1 Å². The molecule has 4 heterocycles. The van der Waals surface area contributed by atoms with Gasteiger partial charge in [-0.3, -0.25) is 9.59 Å². The van der Waals surface area contributed by atoms with Crippen LogP contribution in [0, 0.1) is 23.4 Å². The number of primary amides is 1. The maximum atomic E-state index is 14.3. The van der Waals surface area contributed by atoms with Crippen LogP contribution in [0.25, 0.3) is 0 Å². The van der Waals surface area contributed by atoms with Gasteiger partial charge in [-0.1, -0.05) is 0 Å². The maximum absolute atomic E-state index is 14.3. The number of hydrogen-bond donors (Lipinski definition) is 1. The quantitative estimate of drug-likeness (QED) is 0.649. The number of benzene rings is 1. The Morgan fingerprint density at radius 2 is 1.62 bits per heavy atom. The van der Waals surface area contributed by atoms with Gasteiger partial charge in [-0.05, 0) is 17.7 Å². The number of nitrogens with zero attached hydrogens (tertiary/aromatic N) is 7. The molecule has 2 aromatic rings. The number of carbonyl (C=O) groups excluding carboxylic acids is 3. The van der Waals surface area contributed by atoms with Gasteiger partial charge in [-0.2, -0.15) is 5.10 Å². The zero-order chi connectivity index (χ0) is 26.3. The molecule has 37 heavy (non-hydrogen) atoms. The summed E-state index contributed by atoms with van der Waals surface area (Å²) in [5.41, 5.74) is 5.13. The number of rotatable bonds is 4. The topological polar surface area (TPSA) is 128 Å². The predicted molar refractivity (Wildman–Crippen MR) is 124 cm³/mol. The molecule has 1 aromatic heterocycles. The minimum Gasteiger partial charge on any atom is -0.369 e. The Kier molecular flexibility index (Phi) is 6.39. The molecule has 5 rings (SSSR count). The van der Waals surface area contributed by atoms with Crippen molar-refractivity contribution in [1.29, 1.82) is 0 Å². The number of carbonyl (C=O) groups is 3. The van der Waals surface area contributed by atoms with E-state index in [9.17, 15) is 27.6 Å². The summed E-state index contributed by atoms with van der Waals surface area (Å²) in [5.74, 6) is -3.84. The van der Waals surface area contributed by atoms with Crippen molar-refractivity contribution in [2.24, 2.45) is 16.8 Å². The van der Waals surface area contributed by atoms with E-state index in [4.69, 9.17) is 5.73 Å². The highest BCUT2D eigenvalue weighted by molar-refractivity contribution is 5.94. The fraction of sp³-hybridized carbons (Fsp3) is 0.391. The molecule has 0 aliphatic carbocycles. The van der Waals surface area contributed by atoms with Crippen LogP contribution in [-0.4, -0.2) is 88.1 Å². The van der Waals surface area contributed by atoms with Gasteiger partial charge in [0.05, 0.1) is 18.2 Å². The molecule has 1 aromatic carbocycles. The van der Waals surface area contributed by atoms with Crippen LogP contribution >= 0.6 is 0 Å². The van der Waals surface area contributed by atoms with E-state index in [0.29, 0.717) is 25.1 Å². The van der Waals surface area contributed by atoms with Crippen molar-refractivity contribution in [3.8, 4) is 0 Å². The van der Waals surface area contributed by atoms with Crippen LogP contribution in [0.15, 0.2) is 29.5 Å². The predicted octanol–water partition coefficient (Wildman–Crippen LogP) is 1.13. The lowest BCUT2D eigenvalue weighted by molar-refractivity contribution is -0.125. The normalized spacial score (nSPS) is 19.8. The number of likely N-dealkylation sites (tertiary alicyclic amines) is 1. The van der Waals surface area contributed by atoms with Crippen molar-refractivity contribution in [3.63, 3.8) is 0 Å². The molecule has 1 atom stereocenters. The number of amides is 4. The van der Waals surface area contributed by atoms with Gasteiger partial charge >= 0.3 is 6.03 Å². The first kappa shape index (κ1) is 24.5. The van der Waals surface area contributed by atoms with Crippen LogP contribution in [0.4, 0.5) is 23.9 Å². The number of hydrazone groups is 1. The lowest BCUT2D eigenvalue weighted by atomic mass is 9.99. The Hall–Kier alpha value is -4.23. The summed E-state index contributed by atoms with van der Waals surface area (Å²) in [6.45, 7) is 1.33. The second-order valence-corrected chi connectivity index (χ2v) is 9.03. The Morgan fingerprint density at radius 3 is 2.27 bits per heavy atom. The third-order valence-electron chi connectivity index (χ3n) is 6.63. The smallest absolute Gasteiger partial charge is 0.341 e. The van der Waals surface area contributed by atoms with Gasteiger partial charge in [0, 0.05) is 58.0 Å². The van der Waals surface area contributed by atoms with Crippen molar-refractivity contribution < 1.29 is 27.6 Å². The summed E-state index contributed by atoms with van der Waals surface area (Å²) in [4.78, 5) is 49.6. The van der Waals surface area contributed by atoms with Gasteiger partial charge in [0.1, 0.15) is 11.6 Å². The standard InChI is InChI=1S/C23H23F3N8O3/c24-15-7-13(8-16(25)9-15)18-1-2-29-34(18)23(37)32-5-3-31(4-6-32)22-28-10-17(26)19(30-22)21(36)33-11-14(12-33)20(27)35/h2,7-10,14,18H,1,3-6,11-12H2,(H2,27,35)/t18-/m0/s1. The highest BCUT2D eigenvalue weighted by Crippen LogP contribution is 2.30. The van der Waals surface area contributed by atoms with Crippen LogP contribution in [0.2, 0.25) is 0 Å². The molecule has 0 spiro atoms. The molecule has 3 aliphatic rings. The van der Waals surface area contributed by atoms with Gasteiger partial charge in [0.25, 0.3) is 5.91 Å². The van der Waals surface area contributed by atoms with Crippen LogP contribution in [0.1, 0.15) is 28.5 Å². The minimum atomic E-state index is -0.878. The summed E-state index contributed by atoms with van der Waals surface area (Å²) in [7, 11) is 0. The minimum absolute atomic E-state index is 0.107. The molecule has 0 bridgehead atoms. The van der Waals surface area contributed by atoms with Crippen molar-refractivity contribution in [1.82, 2.24) is 24.8 Å². The first-order valence-corrected chi connectivity index (χ1v) is 11.6. The number of nitrogens with two attached hydrogens (primary N) is 1. The molecule has 2 saturated heterocycles. The number of anilines is 1. The highest BCUT2D eigenvalue weighted by atomic mass is 19.1. The summed E-state index contributed by atoms with van der Waals surface area (Å²) < 4.78 is 41.8. The van der Waals surface area contributed by atoms with Crippen LogP contribution in [-0.2, 0) is 4.79 Å². The van der Waals surface area contributed by atoms with Crippen molar-refractivity contribution in [2.75, 3.05) is 44.2 Å². The van der Waals surface area contributed by atoms with Crippen LogP contribution in [0.5, 0.6) is 0 Å². The van der Waals surface area contributed by atoms with E-state index in [1.54, 1.807) is 9.80 Å².